The Labute approximate surface area is 210 Å². The molecule has 10 heteroatoms. The monoisotopic (exact) mass is 549 g/mol. The number of aliphatic imine (C=N–C) groups is 1. The normalized spacial score (nSPS) is 24.5. The number of rotatable bonds is 2. The van der Waals surface area contributed by atoms with Crippen LogP contribution in [0.4, 0.5) is 13.6 Å². The third-order valence-corrected chi connectivity index (χ3v) is 6.53. The van der Waals surface area contributed by atoms with Gasteiger partial charge in [-0.05, 0) is 63.1 Å². The molecule has 2 heterocycles. The van der Waals surface area contributed by atoms with Crippen molar-refractivity contribution >= 4 is 33.9 Å². The van der Waals surface area contributed by atoms with E-state index in [1.807, 2.05) is 0 Å². The van der Waals surface area contributed by atoms with Gasteiger partial charge >= 0.3 is 6.09 Å². The van der Waals surface area contributed by atoms with Crippen molar-refractivity contribution in [1.82, 2.24) is 10.2 Å². The second-order valence-corrected chi connectivity index (χ2v) is 10.6. The second-order valence-electron chi connectivity index (χ2n) is 9.65. The highest BCUT2D eigenvalue weighted by Crippen LogP contribution is 2.49. The number of amides is 2. The first-order chi connectivity index (χ1) is 16.4. The number of hydrogen-bond donors (Lipinski definition) is 1. The zero-order chi connectivity index (χ0) is 25.5. The molecule has 0 aromatic heterocycles. The number of fused-ring (bicyclic) bond motifs is 1. The maximum Gasteiger partial charge on any atom is 0.414 e. The summed E-state index contributed by atoms with van der Waals surface area (Å²) < 4.78 is 40.7. The maximum atomic E-state index is 15.2. The predicted octanol–water partition coefficient (Wildman–Crippen LogP) is 5.05. The Hall–Kier alpha value is -2.85. The van der Waals surface area contributed by atoms with Crippen LogP contribution in [-0.2, 0) is 19.8 Å². The number of carbonyl (C=O) groups is 2. The number of hydrogen-bond acceptors (Lipinski definition) is 5. The van der Waals surface area contributed by atoms with Crippen LogP contribution in [-0.4, -0.2) is 42.1 Å². The molecule has 2 aromatic rings. The lowest BCUT2D eigenvalue weighted by Crippen LogP contribution is -2.60. The van der Waals surface area contributed by atoms with Crippen LogP contribution in [0.3, 0.4) is 0 Å². The SMILES string of the molecule is CN1C(=O)[C@@H]2C[C@H](c3ccc(F)cc3)OC[C@]2(c2cc(Br)ccc2F)N=C1NC(=O)OC(C)(C)C. The first-order valence-corrected chi connectivity index (χ1v) is 11.9. The van der Waals surface area contributed by atoms with Gasteiger partial charge in [0, 0.05) is 17.1 Å². The molecule has 4 rings (SSSR count). The summed E-state index contributed by atoms with van der Waals surface area (Å²) in [7, 11) is 1.49. The smallest absolute Gasteiger partial charge is 0.414 e. The van der Waals surface area contributed by atoms with Gasteiger partial charge in [-0.3, -0.25) is 15.0 Å². The van der Waals surface area contributed by atoms with E-state index in [-0.39, 0.29) is 36.3 Å². The van der Waals surface area contributed by atoms with Crippen LogP contribution < -0.4 is 5.32 Å². The average Bonchev–Trinajstić information content (AvgIpc) is 2.78. The van der Waals surface area contributed by atoms with E-state index in [1.54, 1.807) is 45.0 Å². The molecule has 0 saturated carbocycles. The van der Waals surface area contributed by atoms with Crippen LogP contribution in [0, 0.1) is 17.6 Å². The molecular formula is C25H26BrF2N3O4. The zero-order valence-electron chi connectivity index (χ0n) is 19.8. The lowest BCUT2D eigenvalue weighted by molar-refractivity contribution is -0.146. The zero-order valence-corrected chi connectivity index (χ0v) is 21.4. The number of guanidine groups is 1. The molecule has 2 amide bonds. The van der Waals surface area contributed by atoms with Gasteiger partial charge in [0.25, 0.3) is 0 Å². The van der Waals surface area contributed by atoms with Crippen molar-refractivity contribution in [2.45, 2.75) is 44.4 Å². The summed E-state index contributed by atoms with van der Waals surface area (Å²) in [6.07, 6.45) is -1.12. The van der Waals surface area contributed by atoms with Crippen molar-refractivity contribution in [2.24, 2.45) is 10.9 Å². The van der Waals surface area contributed by atoms with E-state index in [0.29, 0.717) is 10.0 Å². The Kier molecular flexibility index (Phi) is 6.72. The summed E-state index contributed by atoms with van der Waals surface area (Å²) in [5.74, 6) is -2.17. The fraction of sp³-hybridized carbons (Fsp3) is 0.400. The number of carbonyl (C=O) groups excluding carboxylic acids is 2. The molecule has 7 nitrogen and oxygen atoms in total. The molecule has 3 atom stereocenters. The highest BCUT2D eigenvalue weighted by atomic mass is 79.9. The Balaban J connectivity index is 1.78. The van der Waals surface area contributed by atoms with Crippen LogP contribution in [0.5, 0.6) is 0 Å². The quantitative estimate of drug-likeness (QED) is 0.568. The van der Waals surface area contributed by atoms with E-state index in [0.717, 1.165) is 0 Å². The summed E-state index contributed by atoms with van der Waals surface area (Å²) in [6.45, 7) is 5.00. The van der Waals surface area contributed by atoms with Crippen molar-refractivity contribution in [3.05, 3.63) is 69.7 Å². The molecule has 2 aliphatic heterocycles. The van der Waals surface area contributed by atoms with Crippen molar-refractivity contribution in [2.75, 3.05) is 13.7 Å². The Morgan fingerprint density at radius 1 is 1.23 bits per heavy atom. The minimum Gasteiger partial charge on any atom is -0.444 e. The van der Waals surface area contributed by atoms with Gasteiger partial charge in [0.2, 0.25) is 11.9 Å². The number of nitrogens with one attached hydrogen (secondary N) is 1. The second kappa shape index (κ2) is 9.31. The van der Waals surface area contributed by atoms with Gasteiger partial charge in [0.05, 0.1) is 18.6 Å². The lowest BCUT2D eigenvalue weighted by atomic mass is 9.72. The molecule has 0 aliphatic carbocycles. The van der Waals surface area contributed by atoms with Crippen LogP contribution in [0.2, 0.25) is 0 Å². The van der Waals surface area contributed by atoms with Gasteiger partial charge in [-0.25, -0.2) is 18.6 Å². The molecule has 1 fully saturated rings. The molecule has 2 aliphatic rings. The molecule has 0 spiro atoms. The van der Waals surface area contributed by atoms with Gasteiger partial charge in [0.15, 0.2) is 0 Å². The van der Waals surface area contributed by atoms with Gasteiger partial charge in [-0.2, -0.15) is 0 Å². The lowest BCUT2D eigenvalue weighted by Gasteiger charge is -2.48. The van der Waals surface area contributed by atoms with E-state index in [4.69, 9.17) is 14.5 Å². The third-order valence-electron chi connectivity index (χ3n) is 6.03. The number of benzene rings is 2. The number of halogens is 3. The van der Waals surface area contributed by atoms with Crippen LogP contribution in [0.1, 0.15) is 44.4 Å². The Morgan fingerprint density at radius 3 is 2.57 bits per heavy atom. The van der Waals surface area contributed by atoms with E-state index < -0.39 is 35.1 Å². The van der Waals surface area contributed by atoms with E-state index in [2.05, 4.69) is 21.2 Å². The summed E-state index contributed by atoms with van der Waals surface area (Å²) >= 11 is 3.37. The van der Waals surface area contributed by atoms with Crippen molar-refractivity contribution in [3.63, 3.8) is 0 Å². The average molecular weight is 550 g/mol. The summed E-state index contributed by atoms with van der Waals surface area (Å²) in [5.41, 5.74) is -1.33. The molecule has 1 N–H and O–H groups in total. The molecule has 0 radical (unpaired) electrons. The first kappa shape index (κ1) is 25.2. The van der Waals surface area contributed by atoms with Crippen molar-refractivity contribution in [1.29, 1.82) is 0 Å². The number of ether oxygens (including phenoxy) is 2. The van der Waals surface area contributed by atoms with Crippen LogP contribution in [0.15, 0.2) is 51.9 Å². The minimum atomic E-state index is -1.43. The molecule has 2 aromatic carbocycles. The molecule has 0 unspecified atom stereocenters. The van der Waals surface area contributed by atoms with Crippen molar-refractivity contribution < 1.29 is 27.8 Å². The van der Waals surface area contributed by atoms with E-state index in [9.17, 15) is 14.0 Å². The first-order valence-electron chi connectivity index (χ1n) is 11.1. The van der Waals surface area contributed by atoms with Crippen LogP contribution >= 0.6 is 15.9 Å². The Bertz CT molecular complexity index is 1180. The van der Waals surface area contributed by atoms with E-state index >= 15 is 4.39 Å². The van der Waals surface area contributed by atoms with Crippen molar-refractivity contribution in [3.8, 4) is 0 Å². The molecule has 1 saturated heterocycles. The van der Waals surface area contributed by atoms with Gasteiger partial charge < -0.3 is 9.47 Å². The molecule has 0 bridgehead atoms. The van der Waals surface area contributed by atoms with E-state index in [1.165, 1.54) is 30.1 Å². The fourth-order valence-corrected chi connectivity index (χ4v) is 4.76. The van der Waals surface area contributed by atoms with Gasteiger partial charge in [0.1, 0.15) is 22.8 Å². The minimum absolute atomic E-state index is 0.0660. The maximum absolute atomic E-state index is 15.2. The topological polar surface area (TPSA) is 80.2 Å². The fourth-order valence-electron chi connectivity index (χ4n) is 4.39. The predicted molar refractivity (Wildman–Crippen MR) is 129 cm³/mol. The molecule has 186 valence electrons. The standard InChI is InChI=1S/C25H26BrF2N3O4/c1-24(2,3)35-23(33)29-22-30-25(17-11-15(26)7-10-19(17)28)13-34-20(12-18(25)21(32)31(22)4)14-5-8-16(27)9-6-14/h5-11,18,20H,12-13H2,1-4H3,(H,29,30,33)/t18-,20+,25+/m0/s1. The van der Waals surface area contributed by atoms with Gasteiger partial charge in [-0.1, -0.05) is 28.1 Å². The van der Waals surface area contributed by atoms with Crippen LogP contribution in [0.25, 0.3) is 0 Å². The molecule has 35 heavy (non-hydrogen) atoms. The molecular weight excluding hydrogens is 524 g/mol. The largest absolute Gasteiger partial charge is 0.444 e. The highest BCUT2D eigenvalue weighted by Gasteiger charge is 2.55. The Morgan fingerprint density at radius 2 is 1.91 bits per heavy atom. The number of nitrogens with zero attached hydrogens (tertiary/aromatic N) is 2. The highest BCUT2D eigenvalue weighted by molar-refractivity contribution is 9.10. The number of alkyl carbamates (subject to hydrolysis) is 1. The van der Waals surface area contributed by atoms with Gasteiger partial charge in [-0.15, -0.1) is 0 Å². The summed E-state index contributed by atoms with van der Waals surface area (Å²) in [4.78, 5) is 32.1. The summed E-state index contributed by atoms with van der Waals surface area (Å²) in [6, 6.07) is 10.3. The summed E-state index contributed by atoms with van der Waals surface area (Å²) in [5, 5.41) is 2.53. The third kappa shape index (κ3) is 5.08.